The van der Waals surface area contributed by atoms with E-state index in [4.69, 9.17) is 0 Å². The summed E-state index contributed by atoms with van der Waals surface area (Å²) >= 11 is 1.56. The highest BCUT2D eigenvalue weighted by Crippen LogP contribution is 2.19. The first-order valence-corrected chi connectivity index (χ1v) is 8.25. The van der Waals surface area contributed by atoms with E-state index in [1.807, 2.05) is 18.4 Å². The molecule has 0 spiro atoms. The van der Waals surface area contributed by atoms with E-state index in [-0.39, 0.29) is 17.1 Å². The number of hydrogen-bond acceptors (Lipinski definition) is 3. The molecule has 0 amide bonds. The maximum absolute atomic E-state index is 11.3. The van der Waals surface area contributed by atoms with Gasteiger partial charge >= 0.3 is 11.9 Å². The van der Waals surface area contributed by atoms with Crippen molar-refractivity contribution in [3.63, 3.8) is 0 Å². The van der Waals surface area contributed by atoms with Crippen molar-refractivity contribution in [2.24, 2.45) is 0 Å². The van der Waals surface area contributed by atoms with Crippen LogP contribution in [0, 0.1) is 0 Å². The minimum atomic E-state index is -0.972. The molecule has 3 rings (SSSR count). The van der Waals surface area contributed by atoms with E-state index in [2.05, 4.69) is 0 Å². The summed E-state index contributed by atoms with van der Waals surface area (Å²) < 4.78 is 0. The fourth-order valence-electron chi connectivity index (χ4n) is 2.77. The smallest absolute Gasteiger partial charge is 0.335 e. The fourth-order valence-corrected chi connectivity index (χ4v) is 3.69. The van der Waals surface area contributed by atoms with Crippen LogP contribution >= 0.6 is 11.6 Å². The van der Waals surface area contributed by atoms with E-state index in [0.717, 1.165) is 22.1 Å². The molecule has 0 saturated carbocycles. The Morgan fingerprint density at radius 1 is 0.870 bits per heavy atom. The molecule has 0 aromatic heterocycles. The van der Waals surface area contributed by atoms with Gasteiger partial charge in [0.1, 0.15) is 0 Å². The Morgan fingerprint density at radius 2 is 1.30 bits per heavy atom. The lowest BCUT2D eigenvalue weighted by atomic mass is 9.59. The quantitative estimate of drug-likeness (QED) is 0.845. The summed E-state index contributed by atoms with van der Waals surface area (Å²) in [5.41, 5.74) is 4.12. The van der Waals surface area contributed by atoms with Crippen LogP contribution in [0.4, 0.5) is 0 Å². The standard InChI is InChI=1S/C17H13BO4S/c1-23-18-14-8-12(16(19)20)6-4-10(14)2-3-11-5-7-13(17(21)22)9-15(11)18/h2-9H,1H3,(H,19,20)(H,21,22). The van der Waals surface area contributed by atoms with Gasteiger partial charge in [-0.05, 0) is 29.5 Å². The minimum Gasteiger partial charge on any atom is -0.478 e. The van der Waals surface area contributed by atoms with Crippen molar-refractivity contribution in [3.05, 3.63) is 58.7 Å². The third kappa shape index (κ3) is 2.77. The fraction of sp³-hybridized carbons (Fsp3) is 0.0588. The second-order valence-corrected chi connectivity index (χ2v) is 6.19. The lowest BCUT2D eigenvalue weighted by molar-refractivity contribution is 0.0686. The van der Waals surface area contributed by atoms with Gasteiger partial charge in [-0.25, -0.2) is 21.2 Å². The Bertz CT molecular complexity index is 777. The van der Waals surface area contributed by atoms with E-state index >= 15 is 0 Å². The van der Waals surface area contributed by atoms with E-state index in [0.29, 0.717) is 0 Å². The number of carbonyl (C=O) groups is 2. The SMILES string of the molecule is CSB1c2cc(C(=O)O)ccc2C=Cc2ccc(C(=O)O)cc21. The Kier molecular flexibility index (Phi) is 4.00. The Labute approximate surface area is 137 Å². The second-order valence-electron chi connectivity index (χ2n) is 5.25. The van der Waals surface area contributed by atoms with Gasteiger partial charge in [0.15, 0.2) is 0 Å². The van der Waals surface area contributed by atoms with Crippen molar-refractivity contribution in [1.82, 2.24) is 0 Å². The van der Waals surface area contributed by atoms with Crippen molar-refractivity contribution in [2.75, 3.05) is 6.26 Å². The summed E-state index contributed by atoms with van der Waals surface area (Å²) in [6.45, 7) is 0. The number of rotatable bonds is 3. The molecule has 1 aliphatic heterocycles. The Balaban J connectivity index is 2.22. The van der Waals surface area contributed by atoms with Crippen molar-refractivity contribution in [2.45, 2.75) is 0 Å². The first kappa shape index (κ1) is 15.4. The number of aromatic carboxylic acids is 2. The molecule has 2 aromatic rings. The molecule has 4 nitrogen and oxygen atoms in total. The molecule has 6 heteroatoms. The van der Waals surface area contributed by atoms with E-state index < -0.39 is 11.9 Å². The number of carboxylic acids is 2. The van der Waals surface area contributed by atoms with Gasteiger partial charge in [-0.2, -0.15) is 0 Å². The molecule has 2 aromatic carbocycles. The molecule has 1 heterocycles. The first-order valence-electron chi connectivity index (χ1n) is 6.96. The third-order valence-electron chi connectivity index (χ3n) is 3.91. The monoisotopic (exact) mass is 324 g/mol. The summed E-state index contributed by atoms with van der Waals surface area (Å²) in [6.07, 6.45) is 5.82. The zero-order valence-corrected chi connectivity index (χ0v) is 13.1. The highest BCUT2D eigenvalue weighted by Gasteiger charge is 2.26. The predicted molar refractivity (Wildman–Crippen MR) is 94.3 cm³/mol. The normalized spacial score (nSPS) is 12.3. The van der Waals surface area contributed by atoms with Gasteiger partial charge in [0, 0.05) is 0 Å². The van der Waals surface area contributed by atoms with E-state index in [9.17, 15) is 19.8 Å². The van der Waals surface area contributed by atoms with Crippen LogP contribution < -0.4 is 10.9 Å². The van der Waals surface area contributed by atoms with E-state index in [1.54, 1.807) is 48.0 Å². The van der Waals surface area contributed by atoms with Crippen LogP contribution in [0.15, 0.2) is 36.4 Å². The zero-order chi connectivity index (χ0) is 16.6. The molecule has 0 atom stereocenters. The third-order valence-corrected chi connectivity index (χ3v) is 4.89. The predicted octanol–water partition coefficient (Wildman–Crippen LogP) is 2.04. The van der Waals surface area contributed by atoms with Crippen LogP contribution in [0.5, 0.6) is 0 Å². The average molecular weight is 324 g/mol. The van der Waals surface area contributed by atoms with Gasteiger partial charge in [-0.15, -0.1) is 0 Å². The summed E-state index contributed by atoms with van der Waals surface area (Å²) in [5.74, 6) is -2.06. The number of fused-ring (bicyclic) bond motifs is 2. The largest absolute Gasteiger partial charge is 0.478 e. The van der Waals surface area contributed by atoms with Crippen LogP contribution in [0.2, 0.25) is 0 Å². The first-order chi connectivity index (χ1) is 11.0. The van der Waals surface area contributed by atoms with Gasteiger partial charge < -0.3 is 10.2 Å². The van der Waals surface area contributed by atoms with Gasteiger partial charge in [0.2, 0.25) is 0 Å². The lowest BCUT2D eigenvalue weighted by Crippen LogP contribution is -2.42. The molecular weight excluding hydrogens is 311 g/mol. The molecule has 114 valence electrons. The number of carboxylic acid groups (broad SMARTS) is 2. The molecule has 0 aliphatic carbocycles. The molecule has 23 heavy (non-hydrogen) atoms. The molecule has 0 bridgehead atoms. The van der Waals surface area contributed by atoms with Crippen molar-refractivity contribution in [1.29, 1.82) is 0 Å². The summed E-state index contributed by atoms with van der Waals surface area (Å²) in [6, 6.07) is 10.1. The Morgan fingerprint density at radius 3 is 1.65 bits per heavy atom. The van der Waals surface area contributed by atoms with Crippen molar-refractivity contribution < 1.29 is 19.8 Å². The second kappa shape index (κ2) is 5.97. The van der Waals surface area contributed by atoms with Gasteiger partial charge in [0.25, 0.3) is 5.99 Å². The Hall–Kier alpha value is -2.47. The number of benzene rings is 2. The lowest BCUT2D eigenvalue weighted by Gasteiger charge is -2.16. The molecule has 2 N–H and O–H groups in total. The van der Waals surface area contributed by atoms with E-state index in [1.165, 1.54) is 0 Å². The summed E-state index contributed by atoms with van der Waals surface area (Å²) in [5, 5.41) is 18.5. The topological polar surface area (TPSA) is 74.6 Å². The maximum atomic E-state index is 11.3. The van der Waals surface area contributed by atoms with Gasteiger partial charge in [-0.1, -0.05) is 47.3 Å². The summed E-state index contributed by atoms with van der Waals surface area (Å²) in [4.78, 5) is 22.5. The van der Waals surface area contributed by atoms with Gasteiger partial charge in [0.05, 0.1) is 11.1 Å². The summed E-state index contributed by atoms with van der Waals surface area (Å²) in [7, 11) is 0. The van der Waals surface area contributed by atoms with Crippen molar-refractivity contribution in [3.8, 4) is 0 Å². The van der Waals surface area contributed by atoms with Gasteiger partial charge in [-0.3, -0.25) is 0 Å². The average Bonchev–Trinajstić information content (AvgIpc) is 2.69. The number of hydrogen-bond donors (Lipinski definition) is 2. The molecular formula is C17H13BO4S. The van der Waals surface area contributed by atoms with Crippen LogP contribution in [0.1, 0.15) is 31.8 Å². The molecule has 0 saturated heterocycles. The molecule has 0 unspecified atom stereocenters. The molecule has 0 radical (unpaired) electrons. The molecule has 1 aliphatic rings. The van der Waals surface area contributed by atoms with Crippen LogP contribution in [0.3, 0.4) is 0 Å². The van der Waals surface area contributed by atoms with Crippen molar-refractivity contribution >= 4 is 52.6 Å². The highest BCUT2D eigenvalue weighted by molar-refractivity contribution is 8.27. The minimum absolute atomic E-state index is 0.117. The highest BCUT2D eigenvalue weighted by atomic mass is 32.2. The molecule has 0 fully saturated rings. The van der Waals surface area contributed by atoms with Crippen LogP contribution in [-0.4, -0.2) is 34.4 Å². The zero-order valence-electron chi connectivity index (χ0n) is 12.3. The van der Waals surface area contributed by atoms with Crippen LogP contribution in [0.25, 0.3) is 12.2 Å². The maximum Gasteiger partial charge on any atom is 0.335 e. The van der Waals surface area contributed by atoms with Crippen LogP contribution in [-0.2, 0) is 0 Å².